The molecule has 12 nitrogen and oxygen atoms in total. The molecule has 0 radical (unpaired) electrons. The second kappa shape index (κ2) is 17.4. The van der Waals surface area contributed by atoms with E-state index in [1.54, 1.807) is 35.0 Å². The molecule has 7 aromatic rings. The molecular formula is C41H37N3O9. The highest BCUT2D eigenvalue weighted by molar-refractivity contribution is 5.80. The summed E-state index contributed by atoms with van der Waals surface area (Å²) in [6, 6.07) is 32.3. The third-order valence-electron chi connectivity index (χ3n) is 8.20. The van der Waals surface area contributed by atoms with Gasteiger partial charge in [-0.25, -0.2) is 4.68 Å². The summed E-state index contributed by atoms with van der Waals surface area (Å²) in [7, 11) is 0. The van der Waals surface area contributed by atoms with Crippen molar-refractivity contribution in [2.24, 2.45) is 0 Å². The second-order valence-corrected chi connectivity index (χ2v) is 11.9. The van der Waals surface area contributed by atoms with E-state index in [0.29, 0.717) is 110 Å². The summed E-state index contributed by atoms with van der Waals surface area (Å²) in [5.74, 6) is 2.29. The summed E-state index contributed by atoms with van der Waals surface area (Å²) < 4.78 is 42.2. The first-order valence-corrected chi connectivity index (χ1v) is 17.2. The average molecular weight is 716 g/mol. The monoisotopic (exact) mass is 715 g/mol. The van der Waals surface area contributed by atoms with Gasteiger partial charge in [-0.2, -0.15) is 0 Å². The van der Waals surface area contributed by atoms with Crippen molar-refractivity contribution in [1.29, 1.82) is 0 Å². The minimum absolute atomic E-state index is 0.0757. The summed E-state index contributed by atoms with van der Waals surface area (Å²) in [5.41, 5.74) is 3.16. The maximum Gasteiger partial charge on any atom is 0.193 e. The topological polar surface area (TPSA) is 137 Å². The minimum atomic E-state index is -0.107. The van der Waals surface area contributed by atoms with Gasteiger partial charge in [-0.3, -0.25) is 9.59 Å². The molecule has 53 heavy (non-hydrogen) atoms. The Balaban J connectivity index is 0.736. The van der Waals surface area contributed by atoms with Crippen molar-refractivity contribution < 1.29 is 32.5 Å². The van der Waals surface area contributed by atoms with Gasteiger partial charge in [0.25, 0.3) is 0 Å². The van der Waals surface area contributed by atoms with E-state index in [2.05, 4.69) is 10.3 Å². The second-order valence-electron chi connectivity index (χ2n) is 11.9. The van der Waals surface area contributed by atoms with Gasteiger partial charge in [-0.15, -0.1) is 5.10 Å². The van der Waals surface area contributed by atoms with Crippen molar-refractivity contribution in [3.8, 4) is 34.1 Å². The van der Waals surface area contributed by atoms with Crippen LogP contribution in [0, 0.1) is 0 Å². The summed E-state index contributed by atoms with van der Waals surface area (Å²) in [4.78, 5) is 25.0. The van der Waals surface area contributed by atoms with Gasteiger partial charge in [-0.05, 0) is 48.5 Å². The van der Waals surface area contributed by atoms with E-state index < -0.39 is 0 Å². The molecule has 0 fully saturated rings. The Kier molecular flexibility index (Phi) is 11.6. The zero-order valence-corrected chi connectivity index (χ0v) is 28.8. The lowest BCUT2D eigenvalue weighted by Gasteiger charge is -2.09. The first kappa shape index (κ1) is 35.3. The maximum absolute atomic E-state index is 12.6. The van der Waals surface area contributed by atoms with Crippen molar-refractivity contribution in [2.45, 2.75) is 13.2 Å². The van der Waals surface area contributed by atoms with Crippen LogP contribution in [0.15, 0.2) is 134 Å². The molecule has 0 amide bonds. The molecule has 4 aromatic carbocycles. The van der Waals surface area contributed by atoms with Crippen molar-refractivity contribution in [2.75, 3.05) is 46.2 Å². The number of hydrogen-bond donors (Lipinski definition) is 0. The van der Waals surface area contributed by atoms with Crippen molar-refractivity contribution in [3.63, 3.8) is 0 Å². The van der Waals surface area contributed by atoms with Crippen LogP contribution in [0.25, 0.3) is 44.6 Å². The predicted molar refractivity (Wildman–Crippen MR) is 198 cm³/mol. The molecule has 7 rings (SSSR count). The van der Waals surface area contributed by atoms with Crippen LogP contribution < -0.4 is 20.3 Å². The number of rotatable bonds is 18. The van der Waals surface area contributed by atoms with Gasteiger partial charge in [0.05, 0.1) is 63.2 Å². The normalized spacial score (nSPS) is 11.3. The minimum Gasteiger partial charge on any atom is -0.491 e. The summed E-state index contributed by atoms with van der Waals surface area (Å²) in [6.45, 7) is 3.62. The van der Waals surface area contributed by atoms with E-state index in [4.69, 9.17) is 32.5 Å². The van der Waals surface area contributed by atoms with Gasteiger partial charge in [-0.1, -0.05) is 47.7 Å². The van der Waals surface area contributed by atoms with Gasteiger partial charge in [0, 0.05) is 29.3 Å². The van der Waals surface area contributed by atoms with Crippen LogP contribution in [0.2, 0.25) is 0 Å². The first-order chi connectivity index (χ1) is 26.1. The van der Waals surface area contributed by atoms with Gasteiger partial charge in [0.2, 0.25) is 0 Å². The molecule has 0 aliphatic carbocycles. The average Bonchev–Trinajstić information content (AvgIpc) is 3.65. The van der Waals surface area contributed by atoms with E-state index in [-0.39, 0.29) is 10.9 Å². The quantitative estimate of drug-likeness (QED) is 0.0897. The van der Waals surface area contributed by atoms with E-state index >= 15 is 0 Å². The highest BCUT2D eigenvalue weighted by Gasteiger charge is 2.10. The molecule has 0 saturated carbocycles. The summed E-state index contributed by atoms with van der Waals surface area (Å²) in [6.07, 6.45) is 1.82. The molecule has 0 atom stereocenters. The van der Waals surface area contributed by atoms with Crippen LogP contribution in [0.4, 0.5) is 0 Å². The first-order valence-electron chi connectivity index (χ1n) is 17.2. The number of benzene rings is 4. The number of aromatic nitrogens is 3. The van der Waals surface area contributed by atoms with Crippen LogP contribution in [-0.2, 0) is 27.4 Å². The van der Waals surface area contributed by atoms with Crippen molar-refractivity contribution in [1.82, 2.24) is 15.0 Å². The SMILES string of the molecule is O=c1cc(-c2ccc(OCCOCCOCCn3cc(COCCOc4ccc5c(=O)cc(-c6ccccc6)oc5c4)nn3)cc2)oc2ccccc12. The molecule has 0 unspecified atom stereocenters. The molecule has 3 heterocycles. The summed E-state index contributed by atoms with van der Waals surface area (Å²) in [5, 5.41) is 9.33. The zero-order valence-electron chi connectivity index (χ0n) is 28.8. The number of hydrogen-bond acceptors (Lipinski definition) is 11. The van der Waals surface area contributed by atoms with Crippen molar-refractivity contribution >= 4 is 21.9 Å². The Morgan fingerprint density at radius 3 is 1.94 bits per heavy atom. The van der Waals surface area contributed by atoms with Gasteiger partial charge in [0.15, 0.2) is 10.9 Å². The molecule has 0 spiro atoms. The Hall–Kier alpha value is -6.08. The molecule has 0 bridgehead atoms. The number of nitrogens with zero attached hydrogens (tertiary/aromatic N) is 3. The molecule has 0 saturated heterocycles. The smallest absolute Gasteiger partial charge is 0.193 e. The molecule has 0 aliphatic rings. The largest absolute Gasteiger partial charge is 0.491 e. The predicted octanol–water partition coefficient (Wildman–Crippen LogP) is 6.53. The fraction of sp³-hybridized carbons (Fsp3) is 0.220. The maximum atomic E-state index is 12.6. The van der Waals surface area contributed by atoms with Crippen LogP contribution >= 0.6 is 0 Å². The molecule has 3 aromatic heterocycles. The lowest BCUT2D eigenvalue weighted by atomic mass is 10.1. The van der Waals surface area contributed by atoms with Crippen LogP contribution in [-0.4, -0.2) is 61.2 Å². The number of ether oxygens (including phenoxy) is 5. The van der Waals surface area contributed by atoms with Crippen LogP contribution in [0.5, 0.6) is 11.5 Å². The molecule has 0 aliphatic heterocycles. The van der Waals surface area contributed by atoms with E-state index in [0.717, 1.165) is 11.1 Å². The molecular weight excluding hydrogens is 678 g/mol. The van der Waals surface area contributed by atoms with E-state index in [1.807, 2.05) is 72.9 Å². The van der Waals surface area contributed by atoms with Gasteiger partial charge >= 0.3 is 0 Å². The van der Waals surface area contributed by atoms with E-state index in [9.17, 15) is 9.59 Å². The van der Waals surface area contributed by atoms with Crippen LogP contribution in [0.3, 0.4) is 0 Å². The number of fused-ring (bicyclic) bond motifs is 2. The standard InChI is InChI=1S/C41H37N3O9/c45-36-25-40(52-38-9-5-4-8-34(36)38)30-10-12-32(13-11-30)50-22-20-48-19-18-47-17-16-44-27-31(42-43-44)28-49-21-23-51-33-14-15-35-37(46)26-39(53-41(35)24-33)29-6-2-1-3-7-29/h1-15,24-27H,16-23,28H2. The molecule has 270 valence electrons. The van der Waals surface area contributed by atoms with Gasteiger partial charge < -0.3 is 32.5 Å². The van der Waals surface area contributed by atoms with E-state index in [1.165, 1.54) is 12.1 Å². The van der Waals surface area contributed by atoms with Gasteiger partial charge in [0.1, 0.15) is 53.1 Å². The van der Waals surface area contributed by atoms with Crippen LogP contribution in [0.1, 0.15) is 5.69 Å². The molecule has 0 N–H and O–H groups in total. The fourth-order valence-electron chi connectivity index (χ4n) is 5.54. The Labute approximate surface area is 304 Å². The Morgan fingerprint density at radius 1 is 0.547 bits per heavy atom. The number of para-hydroxylation sites is 1. The highest BCUT2D eigenvalue weighted by atomic mass is 16.5. The molecule has 12 heteroatoms. The highest BCUT2D eigenvalue weighted by Crippen LogP contribution is 2.26. The fourth-order valence-corrected chi connectivity index (χ4v) is 5.54. The zero-order chi connectivity index (χ0) is 36.2. The Morgan fingerprint density at radius 2 is 1.15 bits per heavy atom. The van der Waals surface area contributed by atoms with Crippen molar-refractivity contribution in [3.05, 3.63) is 142 Å². The lowest BCUT2D eigenvalue weighted by Crippen LogP contribution is -2.13. The third kappa shape index (κ3) is 9.43. The third-order valence-corrected chi connectivity index (χ3v) is 8.20. The summed E-state index contributed by atoms with van der Waals surface area (Å²) >= 11 is 0. The Bertz CT molecular complexity index is 2370. The lowest BCUT2D eigenvalue weighted by molar-refractivity contribution is 0.0333.